The smallest absolute Gasteiger partial charge is 0.153 e. The zero-order valence-corrected chi connectivity index (χ0v) is 9.22. The van der Waals surface area contributed by atoms with E-state index in [2.05, 4.69) is 16.4 Å². The predicted octanol–water partition coefficient (Wildman–Crippen LogP) is 2.47. The lowest BCUT2D eigenvalue weighted by atomic mass is 10.1. The Kier molecular flexibility index (Phi) is 3.22. The Morgan fingerprint density at radius 1 is 1.24 bits per heavy atom. The summed E-state index contributed by atoms with van der Waals surface area (Å²) in [7, 11) is 0. The van der Waals surface area contributed by atoms with Gasteiger partial charge in [-0.05, 0) is 29.8 Å². The highest BCUT2D eigenvalue weighted by Crippen LogP contribution is 2.20. The Morgan fingerprint density at radius 2 is 2.00 bits per heavy atom. The van der Waals surface area contributed by atoms with E-state index in [1.165, 1.54) is 0 Å². The molecule has 84 valence electrons. The van der Waals surface area contributed by atoms with E-state index in [1.807, 2.05) is 24.3 Å². The van der Waals surface area contributed by atoms with E-state index in [0.29, 0.717) is 17.9 Å². The molecule has 4 heteroatoms. The molecule has 0 unspecified atom stereocenters. The standard InChI is InChI=1S/C13H12N4/c14-8-7-10-3-5-11(6-4-10)17-13-12(15)2-1-9-16-13/h1-6,9H,7,15H2,(H,16,17). The van der Waals surface area contributed by atoms with Crippen molar-refractivity contribution in [1.82, 2.24) is 4.98 Å². The second-order valence-corrected chi connectivity index (χ2v) is 3.60. The Labute approximate surface area is 99.7 Å². The van der Waals surface area contributed by atoms with Gasteiger partial charge in [-0.1, -0.05) is 12.1 Å². The molecule has 3 N–H and O–H groups in total. The van der Waals surface area contributed by atoms with Crippen LogP contribution in [0.15, 0.2) is 42.6 Å². The second-order valence-electron chi connectivity index (χ2n) is 3.60. The van der Waals surface area contributed by atoms with E-state index in [9.17, 15) is 0 Å². The summed E-state index contributed by atoms with van der Waals surface area (Å²) in [5.74, 6) is 0.639. The van der Waals surface area contributed by atoms with Crippen molar-refractivity contribution in [2.75, 3.05) is 11.1 Å². The molecule has 17 heavy (non-hydrogen) atoms. The van der Waals surface area contributed by atoms with Crippen LogP contribution in [0.4, 0.5) is 17.2 Å². The topological polar surface area (TPSA) is 74.7 Å². The van der Waals surface area contributed by atoms with Crippen LogP contribution < -0.4 is 11.1 Å². The molecule has 0 atom stereocenters. The molecular weight excluding hydrogens is 212 g/mol. The van der Waals surface area contributed by atoms with Gasteiger partial charge in [0.1, 0.15) is 0 Å². The first-order chi connectivity index (χ1) is 8.29. The fourth-order valence-electron chi connectivity index (χ4n) is 1.46. The fourth-order valence-corrected chi connectivity index (χ4v) is 1.46. The first-order valence-electron chi connectivity index (χ1n) is 5.23. The lowest BCUT2D eigenvalue weighted by Crippen LogP contribution is -1.98. The predicted molar refractivity (Wildman–Crippen MR) is 67.7 cm³/mol. The summed E-state index contributed by atoms with van der Waals surface area (Å²) in [6.07, 6.45) is 2.11. The number of rotatable bonds is 3. The Hall–Kier alpha value is -2.54. The Balaban J connectivity index is 2.15. The van der Waals surface area contributed by atoms with E-state index < -0.39 is 0 Å². The number of benzene rings is 1. The number of hydrogen-bond donors (Lipinski definition) is 2. The third kappa shape index (κ3) is 2.73. The minimum Gasteiger partial charge on any atom is -0.396 e. The van der Waals surface area contributed by atoms with E-state index in [-0.39, 0.29) is 0 Å². The number of hydrogen-bond acceptors (Lipinski definition) is 4. The summed E-state index contributed by atoms with van der Waals surface area (Å²) in [6, 6.07) is 13.3. The maximum Gasteiger partial charge on any atom is 0.153 e. The molecule has 1 aromatic heterocycles. The monoisotopic (exact) mass is 224 g/mol. The number of nitrogens with zero attached hydrogens (tertiary/aromatic N) is 2. The van der Waals surface area contributed by atoms with Crippen molar-refractivity contribution in [3.8, 4) is 6.07 Å². The summed E-state index contributed by atoms with van der Waals surface area (Å²) in [5, 5.41) is 11.7. The molecule has 1 heterocycles. The minimum atomic E-state index is 0.423. The van der Waals surface area contributed by atoms with Gasteiger partial charge in [-0.15, -0.1) is 0 Å². The molecule has 2 rings (SSSR count). The molecule has 0 aliphatic rings. The van der Waals surface area contributed by atoms with Crippen molar-refractivity contribution < 1.29 is 0 Å². The zero-order valence-electron chi connectivity index (χ0n) is 9.22. The first-order valence-corrected chi connectivity index (χ1v) is 5.23. The fraction of sp³-hybridized carbons (Fsp3) is 0.0769. The highest BCUT2D eigenvalue weighted by molar-refractivity contribution is 5.68. The molecule has 1 aromatic carbocycles. The van der Waals surface area contributed by atoms with Crippen LogP contribution in [0.25, 0.3) is 0 Å². The molecule has 4 nitrogen and oxygen atoms in total. The van der Waals surface area contributed by atoms with Gasteiger partial charge in [0, 0.05) is 11.9 Å². The Morgan fingerprint density at radius 3 is 2.65 bits per heavy atom. The summed E-state index contributed by atoms with van der Waals surface area (Å²) >= 11 is 0. The second kappa shape index (κ2) is 4.99. The SMILES string of the molecule is N#CCc1ccc(Nc2ncccc2N)cc1. The number of nitrogen functional groups attached to an aromatic ring is 1. The summed E-state index contributed by atoms with van der Waals surface area (Å²) in [5.41, 5.74) is 8.28. The van der Waals surface area contributed by atoms with Crippen molar-refractivity contribution in [3.05, 3.63) is 48.2 Å². The zero-order chi connectivity index (χ0) is 12.1. The van der Waals surface area contributed by atoms with Gasteiger partial charge in [0.15, 0.2) is 5.82 Å². The number of anilines is 3. The molecule has 0 bridgehead atoms. The number of nitriles is 1. The quantitative estimate of drug-likeness (QED) is 0.839. The van der Waals surface area contributed by atoms with Gasteiger partial charge in [0.05, 0.1) is 18.2 Å². The van der Waals surface area contributed by atoms with Crippen LogP contribution in [0.5, 0.6) is 0 Å². The maximum absolute atomic E-state index is 8.57. The number of aromatic nitrogens is 1. The van der Waals surface area contributed by atoms with Gasteiger partial charge < -0.3 is 11.1 Å². The molecule has 0 spiro atoms. The third-order valence-corrected chi connectivity index (χ3v) is 2.34. The van der Waals surface area contributed by atoms with Gasteiger partial charge in [-0.25, -0.2) is 4.98 Å². The van der Waals surface area contributed by atoms with Crippen molar-refractivity contribution in [2.45, 2.75) is 6.42 Å². The van der Waals surface area contributed by atoms with E-state index in [1.54, 1.807) is 18.3 Å². The van der Waals surface area contributed by atoms with Crippen LogP contribution in [-0.2, 0) is 6.42 Å². The lowest BCUT2D eigenvalue weighted by molar-refractivity contribution is 1.26. The molecule has 0 fully saturated rings. The molecule has 0 aliphatic heterocycles. The third-order valence-electron chi connectivity index (χ3n) is 2.34. The molecule has 0 saturated carbocycles. The molecule has 0 saturated heterocycles. The van der Waals surface area contributed by atoms with Gasteiger partial charge in [-0.2, -0.15) is 5.26 Å². The summed E-state index contributed by atoms with van der Waals surface area (Å²) < 4.78 is 0. The van der Waals surface area contributed by atoms with Crippen LogP contribution in [-0.4, -0.2) is 4.98 Å². The van der Waals surface area contributed by atoms with Gasteiger partial charge in [0.2, 0.25) is 0 Å². The van der Waals surface area contributed by atoms with Crippen LogP contribution >= 0.6 is 0 Å². The molecular formula is C13H12N4. The average molecular weight is 224 g/mol. The molecule has 2 aromatic rings. The maximum atomic E-state index is 8.57. The van der Waals surface area contributed by atoms with Crippen LogP contribution in [0, 0.1) is 11.3 Å². The van der Waals surface area contributed by atoms with Crippen molar-refractivity contribution in [1.29, 1.82) is 5.26 Å². The summed E-state index contributed by atoms with van der Waals surface area (Å²) in [6.45, 7) is 0. The molecule has 0 aliphatic carbocycles. The lowest BCUT2D eigenvalue weighted by Gasteiger charge is -2.07. The number of nitrogens with one attached hydrogen (secondary N) is 1. The molecule has 0 amide bonds. The highest BCUT2D eigenvalue weighted by atomic mass is 15.0. The van der Waals surface area contributed by atoms with Crippen LogP contribution in [0.2, 0.25) is 0 Å². The number of nitrogens with two attached hydrogens (primary N) is 1. The molecule has 0 radical (unpaired) electrons. The minimum absolute atomic E-state index is 0.423. The number of pyridine rings is 1. The first kappa shape index (κ1) is 11.0. The Bertz CT molecular complexity index is 540. The van der Waals surface area contributed by atoms with Crippen molar-refractivity contribution >= 4 is 17.2 Å². The summed E-state index contributed by atoms with van der Waals surface area (Å²) in [4.78, 5) is 4.14. The van der Waals surface area contributed by atoms with E-state index in [4.69, 9.17) is 11.0 Å². The van der Waals surface area contributed by atoms with Gasteiger partial charge >= 0.3 is 0 Å². The van der Waals surface area contributed by atoms with E-state index in [0.717, 1.165) is 11.3 Å². The van der Waals surface area contributed by atoms with Gasteiger partial charge in [0.25, 0.3) is 0 Å². The van der Waals surface area contributed by atoms with Crippen LogP contribution in [0.1, 0.15) is 5.56 Å². The van der Waals surface area contributed by atoms with Crippen molar-refractivity contribution in [3.63, 3.8) is 0 Å². The average Bonchev–Trinajstić information content (AvgIpc) is 2.35. The highest BCUT2D eigenvalue weighted by Gasteiger charge is 1.99. The normalized spacial score (nSPS) is 9.59. The van der Waals surface area contributed by atoms with Crippen LogP contribution in [0.3, 0.4) is 0 Å². The largest absolute Gasteiger partial charge is 0.396 e. The van der Waals surface area contributed by atoms with Gasteiger partial charge in [-0.3, -0.25) is 0 Å². The van der Waals surface area contributed by atoms with Crippen molar-refractivity contribution in [2.24, 2.45) is 0 Å². The van der Waals surface area contributed by atoms with E-state index >= 15 is 0 Å².